The second-order valence-electron chi connectivity index (χ2n) is 3.16. The van der Waals surface area contributed by atoms with Gasteiger partial charge in [0, 0.05) is 0 Å². The van der Waals surface area contributed by atoms with Gasteiger partial charge in [-0.2, -0.15) is 0 Å². The van der Waals surface area contributed by atoms with Crippen LogP contribution in [-0.2, 0) is 9.59 Å². The quantitative estimate of drug-likeness (QED) is 0.435. The van der Waals surface area contributed by atoms with Crippen LogP contribution in [0.2, 0.25) is 0 Å². The molecule has 1 aromatic carbocycles. The molecule has 1 aromatic rings. The van der Waals surface area contributed by atoms with E-state index in [9.17, 15) is 19.7 Å². The van der Waals surface area contributed by atoms with Gasteiger partial charge in [-0.05, 0) is 24.1 Å². The maximum absolute atomic E-state index is 11.5. The minimum Gasteiger partial charge on any atom is -0.299 e. The molecule has 0 radical (unpaired) electrons. The van der Waals surface area contributed by atoms with E-state index >= 15 is 0 Å². The first kappa shape index (κ1) is 11.8. The fraction of sp³-hybridized carbons (Fsp3) is 0.200. The molecule has 84 valence electrons. The molecule has 0 aromatic heterocycles. The van der Waals surface area contributed by atoms with E-state index in [0.29, 0.717) is 5.01 Å². The largest absolute Gasteiger partial charge is 0.299 e. The van der Waals surface area contributed by atoms with Crippen LogP contribution >= 0.6 is 0 Å². The number of Topliss-reactive ketones (excluding diaryl/α,β-unsaturated/α-hetero) is 1. The topological polar surface area (TPSA) is 80.5 Å². The molecule has 6 nitrogen and oxygen atoms in total. The lowest BCUT2D eigenvalue weighted by Gasteiger charge is -2.10. The third-order valence-corrected chi connectivity index (χ3v) is 1.80. The third kappa shape index (κ3) is 2.88. The molecule has 0 N–H and O–H groups in total. The summed E-state index contributed by atoms with van der Waals surface area (Å²) in [4.78, 5) is 32.9. The predicted molar refractivity (Wildman–Crippen MR) is 56.2 cm³/mol. The molecule has 0 fully saturated rings. The number of carbonyl (C=O) groups excluding carboxylic acids is 2. The maximum Gasteiger partial charge on any atom is 0.296 e. The zero-order valence-electron chi connectivity index (χ0n) is 8.62. The summed E-state index contributed by atoms with van der Waals surface area (Å²) in [5, 5.41) is 10.3. The van der Waals surface area contributed by atoms with Gasteiger partial charge >= 0.3 is 0 Å². The third-order valence-electron chi connectivity index (χ3n) is 1.80. The molecule has 0 bridgehead atoms. The fourth-order valence-corrected chi connectivity index (χ4v) is 1.19. The average Bonchev–Trinajstić information content (AvgIpc) is 2.17. The highest BCUT2D eigenvalue weighted by molar-refractivity contribution is 6.03. The summed E-state index contributed by atoms with van der Waals surface area (Å²) in [5.74, 6) is -1.25. The second-order valence-corrected chi connectivity index (χ2v) is 3.16. The van der Waals surface area contributed by atoms with Crippen LogP contribution in [-0.4, -0.2) is 16.7 Å². The average molecular weight is 222 g/mol. The lowest BCUT2D eigenvalue weighted by atomic mass is 10.2. The van der Waals surface area contributed by atoms with Crippen molar-refractivity contribution in [3.05, 3.63) is 40.4 Å². The molecule has 6 heteroatoms. The summed E-state index contributed by atoms with van der Waals surface area (Å²) < 4.78 is 0. The van der Waals surface area contributed by atoms with E-state index in [1.54, 1.807) is 18.2 Å². The van der Waals surface area contributed by atoms with Gasteiger partial charge in [0.05, 0.1) is 6.42 Å². The van der Waals surface area contributed by atoms with Crippen LogP contribution < -0.4 is 5.01 Å². The molecule has 0 aliphatic rings. The van der Waals surface area contributed by atoms with E-state index in [2.05, 4.69) is 0 Å². The lowest BCUT2D eigenvalue weighted by Crippen LogP contribution is -2.37. The summed E-state index contributed by atoms with van der Waals surface area (Å²) in [6, 6.07) is 7.69. The number of hydrogen-bond acceptors (Lipinski definition) is 4. The first-order valence-corrected chi connectivity index (χ1v) is 4.54. The molecule has 0 atom stereocenters. The number of para-hydroxylation sites is 1. The first-order chi connectivity index (χ1) is 7.52. The zero-order chi connectivity index (χ0) is 12.1. The Balaban J connectivity index is 2.97. The SMILES string of the molecule is CC(=O)CC(=O)N(c1ccccc1)[N+](=O)[O-]. The number of hydrogen-bond donors (Lipinski definition) is 0. The molecule has 0 aliphatic heterocycles. The van der Waals surface area contributed by atoms with Gasteiger partial charge in [0.1, 0.15) is 11.5 Å². The van der Waals surface area contributed by atoms with Crippen LogP contribution in [0.15, 0.2) is 30.3 Å². The van der Waals surface area contributed by atoms with E-state index in [0.717, 1.165) is 0 Å². The Labute approximate surface area is 91.6 Å². The number of anilines is 1. The Morgan fingerprint density at radius 2 is 1.88 bits per heavy atom. The van der Waals surface area contributed by atoms with Crippen LogP contribution in [0.5, 0.6) is 0 Å². The Morgan fingerprint density at radius 1 is 1.31 bits per heavy atom. The Hall–Kier alpha value is -2.24. The maximum atomic E-state index is 11.5. The standard InChI is InChI=1S/C10H10N2O4/c1-8(13)7-10(14)11(12(15)16)9-5-3-2-4-6-9/h2-6H,7H2,1H3. The summed E-state index contributed by atoms with van der Waals surface area (Å²) in [6.07, 6.45) is -0.476. The number of carbonyl (C=O) groups is 2. The summed E-state index contributed by atoms with van der Waals surface area (Å²) >= 11 is 0. The molecule has 1 amide bonds. The first-order valence-electron chi connectivity index (χ1n) is 4.54. The number of ketones is 1. The van der Waals surface area contributed by atoms with E-state index in [-0.39, 0.29) is 5.69 Å². The van der Waals surface area contributed by atoms with Crippen molar-refractivity contribution >= 4 is 17.4 Å². The molecular weight excluding hydrogens is 212 g/mol. The molecule has 0 heterocycles. The summed E-state index contributed by atoms with van der Waals surface area (Å²) in [5.41, 5.74) is 0.138. The van der Waals surface area contributed by atoms with E-state index in [1.165, 1.54) is 19.1 Å². The van der Waals surface area contributed by atoms with Crippen molar-refractivity contribution in [3.63, 3.8) is 0 Å². The number of nitro groups is 1. The van der Waals surface area contributed by atoms with Crippen molar-refractivity contribution in [1.82, 2.24) is 0 Å². The minimum atomic E-state index is -0.844. The molecule has 0 unspecified atom stereocenters. The van der Waals surface area contributed by atoms with Crippen LogP contribution in [0, 0.1) is 10.1 Å². The van der Waals surface area contributed by atoms with Crippen LogP contribution in [0.1, 0.15) is 13.3 Å². The summed E-state index contributed by atoms with van der Waals surface area (Å²) in [7, 11) is 0. The molecular formula is C10H10N2O4. The molecule has 16 heavy (non-hydrogen) atoms. The Bertz CT molecular complexity index is 416. The van der Waals surface area contributed by atoms with E-state index < -0.39 is 23.1 Å². The highest BCUT2D eigenvalue weighted by atomic mass is 16.7. The minimum absolute atomic E-state index is 0.138. The molecule has 1 rings (SSSR count). The summed E-state index contributed by atoms with van der Waals surface area (Å²) in [6.45, 7) is 1.21. The van der Waals surface area contributed by atoms with Gasteiger partial charge in [-0.3, -0.25) is 9.59 Å². The number of benzene rings is 1. The number of rotatable bonds is 4. The van der Waals surface area contributed by atoms with Crippen molar-refractivity contribution in [1.29, 1.82) is 0 Å². The second kappa shape index (κ2) is 5.01. The van der Waals surface area contributed by atoms with E-state index in [1.807, 2.05) is 0 Å². The van der Waals surface area contributed by atoms with Crippen LogP contribution in [0.25, 0.3) is 0 Å². The number of amides is 1. The van der Waals surface area contributed by atoms with E-state index in [4.69, 9.17) is 0 Å². The zero-order valence-corrected chi connectivity index (χ0v) is 8.62. The van der Waals surface area contributed by atoms with Crippen LogP contribution in [0.3, 0.4) is 0 Å². The van der Waals surface area contributed by atoms with Crippen molar-refractivity contribution in [2.45, 2.75) is 13.3 Å². The van der Waals surface area contributed by atoms with Gasteiger partial charge in [-0.1, -0.05) is 18.2 Å². The van der Waals surface area contributed by atoms with Crippen LogP contribution in [0.4, 0.5) is 5.69 Å². The number of hydrazine groups is 1. The van der Waals surface area contributed by atoms with Gasteiger partial charge in [-0.15, -0.1) is 0 Å². The molecule has 0 saturated heterocycles. The van der Waals surface area contributed by atoms with Gasteiger partial charge < -0.3 is 0 Å². The fourth-order valence-electron chi connectivity index (χ4n) is 1.19. The monoisotopic (exact) mass is 222 g/mol. The van der Waals surface area contributed by atoms with Crippen molar-refractivity contribution in [2.75, 3.05) is 5.01 Å². The van der Waals surface area contributed by atoms with Crippen molar-refractivity contribution in [3.8, 4) is 0 Å². The lowest BCUT2D eigenvalue weighted by molar-refractivity contribution is -0.483. The highest BCUT2D eigenvalue weighted by Gasteiger charge is 2.26. The Kier molecular flexibility index (Phi) is 3.71. The van der Waals surface area contributed by atoms with Gasteiger partial charge in [0.15, 0.2) is 5.03 Å². The highest BCUT2D eigenvalue weighted by Crippen LogP contribution is 2.14. The normalized spacial score (nSPS) is 9.56. The molecule has 0 spiro atoms. The Morgan fingerprint density at radius 3 is 2.31 bits per heavy atom. The van der Waals surface area contributed by atoms with Crippen molar-refractivity contribution in [2.24, 2.45) is 0 Å². The van der Waals surface area contributed by atoms with Gasteiger partial charge in [-0.25, -0.2) is 10.1 Å². The van der Waals surface area contributed by atoms with Gasteiger partial charge in [0.25, 0.3) is 5.91 Å². The molecule has 0 aliphatic carbocycles. The van der Waals surface area contributed by atoms with Gasteiger partial charge in [0.2, 0.25) is 0 Å². The molecule has 0 saturated carbocycles. The predicted octanol–water partition coefficient (Wildman–Crippen LogP) is 1.19. The number of nitrogens with zero attached hydrogens (tertiary/aromatic N) is 2. The smallest absolute Gasteiger partial charge is 0.296 e. The van der Waals surface area contributed by atoms with Crippen molar-refractivity contribution < 1.29 is 14.6 Å².